The molecule has 0 aromatic heterocycles. The molecule has 0 fully saturated rings. The lowest BCUT2D eigenvalue weighted by molar-refractivity contribution is -0.147. The molecular formula is C29H29ClN2O7. The summed E-state index contributed by atoms with van der Waals surface area (Å²) >= 11 is 6.09. The van der Waals surface area contributed by atoms with Crippen LogP contribution in [0.1, 0.15) is 37.0 Å². The molecule has 0 unspecified atom stereocenters. The zero-order chi connectivity index (χ0) is 28.2. The molecule has 0 bridgehead atoms. The van der Waals surface area contributed by atoms with Gasteiger partial charge in [0.2, 0.25) is 5.91 Å². The minimum absolute atomic E-state index is 0.118. The van der Waals surface area contributed by atoms with Crippen LogP contribution in [0.15, 0.2) is 72.8 Å². The topological polar surface area (TPSA) is 120 Å². The Morgan fingerprint density at radius 2 is 1.38 bits per heavy atom. The highest BCUT2D eigenvalue weighted by molar-refractivity contribution is 6.32. The Balaban J connectivity index is 1.35. The zero-order valence-corrected chi connectivity index (χ0v) is 22.3. The molecule has 3 aromatic carbocycles. The van der Waals surface area contributed by atoms with E-state index in [1.54, 1.807) is 54.6 Å². The lowest BCUT2D eigenvalue weighted by atomic mass is 10.2. The van der Waals surface area contributed by atoms with Crippen molar-refractivity contribution >= 4 is 46.7 Å². The average molecular weight is 553 g/mol. The number of hydrogen-bond acceptors (Lipinski definition) is 7. The van der Waals surface area contributed by atoms with E-state index in [9.17, 15) is 19.2 Å². The van der Waals surface area contributed by atoms with Crippen molar-refractivity contribution in [2.75, 3.05) is 23.8 Å². The first-order chi connectivity index (χ1) is 18.7. The first-order valence-corrected chi connectivity index (χ1v) is 12.6. The number of halogens is 1. The number of nitrogens with one attached hydrogen (secondary N) is 2. The van der Waals surface area contributed by atoms with E-state index < -0.39 is 24.5 Å². The van der Waals surface area contributed by atoms with Crippen molar-refractivity contribution in [3.8, 4) is 11.5 Å². The van der Waals surface area contributed by atoms with Crippen LogP contribution in [0, 0.1) is 5.92 Å². The SMILES string of the molecule is CC(C)COC(=O)c1ccc(NC(=O)COC(=O)CCC(=O)Nc2ccc(Oc3ccccc3Cl)cc2)cc1. The molecule has 0 heterocycles. The van der Waals surface area contributed by atoms with Crippen molar-refractivity contribution in [1.82, 2.24) is 0 Å². The zero-order valence-electron chi connectivity index (χ0n) is 21.6. The normalized spacial score (nSPS) is 10.5. The Morgan fingerprint density at radius 1 is 0.769 bits per heavy atom. The standard InChI is InChI=1S/C29H29ClN2O7/c1-19(2)17-38-29(36)20-7-9-21(10-8-20)32-27(34)18-37-28(35)16-15-26(33)31-22-11-13-23(14-12-22)39-25-6-4-3-5-24(25)30/h3-14,19H,15-18H2,1-2H3,(H,31,33)(H,32,34). The third-order valence-corrected chi connectivity index (χ3v) is 5.39. The highest BCUT2D eigenvalue weighted by Crippen LogP contribution is 2.29. The van der Waals surface area contributed by atoms with Crippen LogP contribution in [0.5, 0.6) is 11.5 Å². The van der Waals surface area contributed by atoms with E-state index in [0.29, 0.717) is 40.1 Å². The summed E-state index contributed by atoms with van der Waals surface area (Å²) < 4.78 is 15.8. The van der Waals surface area contributed by atoms with E-state index in [-0.39, 0.29) is 24.7 Å². The van der Waals surface area contributed by atoms with E-state index in [1.807, 2.05) is 19.9 Å². The molecule has 0 atom stereocenters. The Bertz CT molecular complexity index is 1290. The summed E-state index contributed by atoms with van der Waals surface area (Å²) in [7, 11) is 0. The second kappa shape index (κ2) is 14.5. The quantitative estimate of drug-likeness (QED) is 0.271. The van der Waals surface area contributed by atoms with Crippen LogP contribution in [0.25, 0.3) is 0 Å². The highest BCUT2D eigenvalue weighted by atomic mass is 35.5. The summed E-state index contributed by atoms with van der Waals surface area (Å²) in [5, 5.41) is 5.73. The largest absolute Gasteiger partial charge is 0.462 e. The maximum absolute atomic E-state index is 12.2. The number of carbonyl (C=O) groups excluding carboxylic acids is 4. The molecule has 204 valence electrons. The average Bonchev–Trinajstić information content (AvgIpc) is 2.92. The minimum atomic E-state index is -0.688. The molecule has 0 saturated heterocycles. The Kier molecular flexibility index (Phi) is 10.9. The van der Waals surface area contributed by atoms with Crippen molar-refractivity contribution in [2.45, 2.75) is 26.7 Å². The van der Waals surface area contributed by atoms with E-state index in [0.717, 1.165) is 0 Å². The van der Waals surface area contributed by atoms with Crippen molar-refractivity contribution in [1.29, 1.82) is 0 Å². The molecule has 3 aromatic rings. The summed E-state index contributed by atoms with van der Waals surface area (Å²) in [6, 6.07) is 19.9. The molecule has 2 amide bonds. The Morgan fingerprint density at radius 3 is 2.03 bits per heavy atom. The van der Waals surface area contributed by atoms with Gasteiger partial charge in [0.25, 0.3) is 5.91 Å². The van der Waals surface area contributed by atoms with Crippen LogP contribution in [0.4, 0.5) is 11.4 Å². The molecule has 2 N–H and O–H groups in total. The van der Waals surface area contributed by atoms with Gasteiger partial charge in [-0.15, -0.1) is 0 Å². The van der Waals surface area contributed by atoms with E-state index in [2.05, 4.69) is 10.6 Å². The molecule has 9 nitrogen and oxygen atoms in total. The molecule has 0 aliphatic carbocycles. The van der Waals surface area contributed by atoms with E-state index >= 15 is 0 Å². The number of rotatable bonds is 12. The van der Waals surface area contributed by atoms with Crippen LogP contribution in [0.2, 0.25) is 5.02 Å². The van der Waals surface area contributed by atoms with Gasteiger partial charge in [-0.2, -0.15) is 0 Å². The van der Waals surface area contributed by atoms with Crippen LogP contribution in [0.3, 0.4) is 0 Å². The fraction of sp³-hybridized carbons (Fsp3) is 0.241. The van der Waals surface area contributed by atoms with Crippen LogP contribution in [-0.4, -0.2) is 37.0 Å². The lowest BCUT2D eigenvalue weighted by Gasteiger charge is -2.10. The monoisotopic (exact) mass is 552 g/mol. The summed E-state index contributed by atoms with van der Waals surface area (Å²) in [6.45, 7) is 3.69. The van der Waals surface area contributed by atoms with E-state index in [4.69, 9.17) is 25.8 Å². The number of amides is 2. The Hall–Kier alpha value is -4.37. The maximum atomic E-state index is 12.2. The molecule has 39 heavy (non-hydrogen) atoms. The first-order valence-electron chi connectivity index (χ1n) is 12.2. The van der Waals surface area contributed by atoms with Crippen LogP contribution < -0.4 is 15.4 Å². The molecule has 0 aliphatic heterocycles. The predicted octanol–water partition coefficient (Wildman–Crippen LogP) is 5.85. The molecule has 0 saturated carbocycles. The fourth-order valence-corrected chi connectivity index (χ4v) is 3.30. The molecular weight excluding hydrogens is 524 g/mol. The van der Waals surface area contributed by atoms with Gasteiger partial charge in [-0.3, -0.25) is 14.4 Å². The van der Waals surface area contributed by atoms with Gasteiger partial charge in [0.05, 0.1) is 23.6 Å². The van der Waals surface area contributed by atoms with Crippen LogP contribution >= 0.6 is 11.6 Å². The predicted molar refractivity (Wildman–Crippen MR) is 147 cm³/mol. The van der Waals surface area contributed by atoms with Gasteiger partial charge in [-0.05, 0) is 66.6 Å². The third-order valence-electron chi connectivity index (χ3n) is 5.08. The summed E-state index contributed by atoms with van der Waals surface area (Å²) in [5.74, 6) is -0.789. The Labute approximate surface area is 231 Å². The smallest absolute Gasteiger partial charge is 0.338 e. The minimum Gasteiger partial charge on any atom is -0.462 e. The van der Waals surface area contributed by atoms with Crippen molar-refractivity contribution in [3.63, 3.8) is 0 Å². The number of para-hydroxylation sites is 1. The lowest BCUT2D eigenvalue weighted by Crippen LogP contribution is -2.21. The van der Waals surface area contributed by atoms with Gasteiger partial charge in [-0.1, -0.05) is 37.6 Å². The molecule has 0 aliphatic rings. The van der Waals surface area contributed by atoms with Crippen LogP contribution in [-0.2, 0) is 23.9 Å². The van der Waals surface area contributed by atoms with Crippen molar-refractivity contribution in [3.05, 3.63) is 83.4 Å². The molecule has 0 radical (unpaired) electrons. The second-order valence-corrected chi connectivity index (χ2v) is 9.29. The number of carbonyl (C=O) groups is 4. The third kappa shape index (κ3) is 10.1. The molecule has 10 heteroatoms. The van der Waals surface area contributed by atoms with Crippen molar-refractivity contribution in [2.24, 2.45) is 5.92 Å². The summed E-state index contributed by atoms with van der Waals surface area (Å²) in [6.07, 6.45) is -0.313. The number of benzene rings is 3. The summed E-state index contributed by atoms with van der Waals surface area (Å²) in [4.78, 5) is 48.2. The molecule has 0 spiro atoms. The first kappa shape index (κ1) is 29.2. The van der Waals surface area contributed by atoms with Crippen molar-refractivity contribution < 1.29 is 33.4 Å². The number of esters is 2. The second-order valence-electron chi connectivity index (χ2n) is 8.88. The number of hydrogen-bond donors (Lipinski definition) is 2. The van der Waals surface area contributed by atoms with Gasteiger partial charge in [0.15, 0.2) is 6.61 Å². The number of anilines is 2. The van der Waals surface area contributed by atoms with Gasteiger partial charge >= 0.3 is 11.9 Å². The maximum Gasteiger partial charge on any atom is 0.338 e. The number of ether oxygens (including phenoxy) is 3. The van der Waals surface area contributed by atoms with Gasteiger partial charge in [0, 0.05) is 17.8 Å². The highest BCUT2D eigenvalue weighted by Gasteiger charge is 2.13. The molecule has 3 rings (SSSR count). The summed E-state index contributed by atoms with van der Waals surface area (Å²) in [5.41, 5.74) is 1.32. The fourth-order valence-electron chi connectivity index (χ4n) is 3.13. The van der Waals surface area contributed by atoms with E-state index in [1.165, 1.54) is 12.1 Å². The van der Waals surface area contributed by atoms with Gasteiger partial charge in [-0.25, -0.2) is 4.79 Å². The van der Waals surface area contributed by atoms with Gasteiger partial charge < -0.3 is 24.8 Å². The van der Waals surface area contributed by atoms with Gasteiger partial charge in [0.1, 0.15) is 11.5 Å².